The summed E-state index contributed by atoms with van der Waals surface area (Å²) in [4.78, 5) is 4.73. The molecule has 1 nitrogen and oxygen atoms in total. The fourth-order valence-electron chi connectivity index (χ4n) is 4.44. The van der Waals surface area contributed by atoms with Crippen molar-refractivity contribution in [2.45, 2.75) is 32.1 Å². The summed E-state index contributed by atoms with van der Waals surface area (Å²) in [6.07, 6.45) is 8.71. The smallest absolute Gasteiger partial charge is 0.0777 e. The molecule has 1 heterocycles. The summed E-state index contributed by atoms with van der Waals surface area (Å²) in [6, 6.07) is 17.8. The molecule has 1 heteroatoms. The summed E-state index contributed by atoms with van der Waals surface area (Å²) in [5, 5.41) is 0. The molecule has 2 aliphatic carbocycles. The van der Waals surface area contributed by atoms with Crippen LogP contribution in [-0.2, 0) is 11.8 Å². The van der Waals surface area contributed by atoms with Crippen molar-refractivity contribution in [3.8, 4) is 22.4 Å². The van der Waals surface area contributed by atoms with Gasteiger partial charge in [-0.3, -0.25) is 4.98 Å². The van der Waals surface area contributed by atoms with E-state index in [1.54, 1.807) is 0 Å². The lowest BCUT2D eigenvalue weighted by Gasteiger charge is -2.22. The van der Waals surface area contributed by atoms with Gasteiger partial charge in [-0.25, -0.2) is 0 Å². The molecule has 2 aliphatic rings. The topological polar surface area (TPSA) is 12.9 Å². The first kappa shape index (κ1) is 14.7. The largest absolute Gasteiger partial charge is 0.256 e. The van der Waals surface area contributed by atoms with Gasteiger partial charge in [0.25, 0.3) is 0 Å². The molecule has 0 spiro atoms. The van der Waals surface area contributed by atoms with E-state index >= 15 is 0 Å². The fourth-order valence-corrected chi connectivity index (χ4v) is 4.44. The first-order valence-electron chi connectivity index (χ1n) is 9.05. The van der Waals surface area contributed by atoms with Gasteiger partial charge in [0.1, 0.15) is 0 Å². The average molecular weight is 323 g/mol. The van der Waals surface area contributed by atoms with Gasteiger partial charge in [-0.2, -0.15) is 0 Å². The summed E-state index contributed by atoms with van der Waals surface area (Å²) in [6.45, 7) is 4.66. The number of nitrogens with zero attached hydrogens (tertiary/aromatic N) is 1. The van der Waals surface area contributed by atoms with Gasteiger partial charge < -0.3 is 0 Å². The Morgan fingerprint density at radius 1 is 0.920 bits per heavy atom. The molecule has 2 aromatic carbocycles. The van der Waals surface area contributed by atoms with E-state index in [4.69, 9.17) is 4.98 Å². The van der Waals surface area contributed by atoms with Gasteiger partial charge in [-0.1, -0.05) is 62.4 Å². The van der Waals surface area contributed by atoms with E-state index in [0.717, 1.165) is 18.5 Å². The molecular formula is C24H21N. The lowest BCUT2D eigenvalue weighted by Crippen LogP contribution is -2.15. The van der Waals surface area contributed by atoms with Crippen LogP contribution in [0.1, 0.15) is 42.5 Å². The Hall–Kier alpha value is -2.67. The van der Waals surface area contributed by atoms with Crippen molar-refractivity contribution in [2.24, 2.45) is 0 Å². The van der Waals surface area contributed by atoms with Gasteiger partial charge >= 0.3 is 0 Å². The van der Waals surface area contributed by atoms with Crippen LogP contribution >= 0.6 is 0 Å². The minimum atomic E-state index is 0.0343. The van der Waals surface area contributed by atoms with Crippen LogP contribution in [0.2, 0.25) is 0 Å². The zero-order chi connectivity index (χ0) is 17.0. The van der Waals surface area contributed by atoms with Gasteiger partial charge in [-0.15, -0.1) is 0 Å². The highest BCUT2D eigenvalue weighted by Gasteiger charge is 2.35. The number of allylic oxidation sites excluding steroid dienone is 1. The molecule has 0 atom stereocenters. The molecular weight excluding hydrogens is 302 g/mol. The first-order valence-corrected chi connectivity index (χ1v) is 9.05. The van der Waals surface area contributed by atoms with Crippen LogP contribution in [0.3, 0.4) is 0 Å². The van der Waals surface area contributed by atoms with Crippen molar-refractivity contribution in [3.05, 3.63) is 83.1 Å². The number of hydrogen-bond donors (Lipinski definition) is 0. The lowest BCUT2D eigenvalue weighted by atomic mass is 9.81. The Kier molecular flexibility index (Phi) is 3.03. The average Bonchev–Trinajstić information content (AvgIpc) is 2.89. The molecule has 122 valence electrons. The van der Waals surface area contributed by atoms with Crippen LogP contribution < -0.4 is 0 Å². The van der Waals surface area contributed by atoms with Gasteiger partial charge in [0.2, 0.25) is 0 Å². The van der Waals surface area contributed by atoms with Crippen LogP contribution in [0.25, 0.3) is 28.5 Å². The highest BCUT2D eigenvalue weighted by atomic mass is 14.7. The van der Waals surface area contributed by atoms with E-state index in [1.165, 1.54) is 38.9 Å². The van der Waals surface area contributed by atoms with Gasteiger partial charge in [0.05, 0.1) is 5.69 Å². The van der Waals surface area contributed by atoms with E-state index in [9.17, 15) is 0 Å². The summed E-state index contributed by atoms with van der Waals surface area (Å²) >= 11 is 0. The second kappa shape index (κ2) is 5.16. The second-order valence-electron chi connectivity index (χ2n) is 7.60. The van der Waals surface area contributed by atoms with Crippen molar-refractivity contribution < 1.29 is 0 Å². The summed E-state index contributed by atoms with van der Waals surface area (Å²) < 4.78 is 0. The Morgan fingerprint density at radius 2 is 1.76 bits per heavy atom. The lowest BCUT2D eigenvalue weighted by molar-refractivity contribution is 0.660. The predicted molar refractivity (Wildman–Crippen MR) is 105 cm³/mol. The van der Waals surface area contributed by atoms with Crippen molar-refractivity contribution >= 4 is 6.08 Å². The van der Waals surface area contributed by atoms with Crippen LogP contribution in [0, 0.1) is 0 Å². The quantitative estimate of drug-likeness (QED) is 0.534. The van der Waals surface area contributed by atoms with Crippen molar-refractivity contribution in [1.29, 1.82) is 0 Å². The van der Waals surface area contributed by atoms with E-state index in [0.29, 0.717) is 0 Å². The number of pyridine rings is 1. The van der Waals surface area contributed by atoms with Crippen molar-refractivity contribution in [2.75, 3.05) is 0 Å². The van der Waals surface area contributed by atoms with Gasteiger partial charge in [0.15, 0.2) is 0 Å². The molecule has 0 N–H and O–H groups in total. The molecule has 3 aromatic rings. The highest BCUT2D eigenvalue weighted by Crippen LogP contribution is 2.49. The molecule has 0 saturated heterocycles. The molecule has 25 heavy (non-hydrogen) atoms. The van der Waals surface area contributed by atoms with E-state index in [1.807, 2.05) is 6.20 Å². The molecule has 0 saturated carbocycles. The van der Waals surface area contributed by atoms with Crippen LogP contribution in [0.4, 0.5) is 0 Å². The van der Waals surface area contributed by atoms with Gasteiger partial charge in [0, 0.05) is 22.7 Å². The maximum absolute atomic E-state index is 4.73. The highest BCUT2D eigenvalue weighted by molar-refractivity contribution is 5.84. The van der Waals surface area contributed by atoms with E-state index in [-0.39, 0.29) is 5.41 Å². The standard InChI is InChI=1S/C24H21N/c1-24(2)21-10-6-5-9-19(21)20-12-11-17(15-22(20)24)23-18-8-4-3-7-16(18)13-14-25-23/h4-6,8-15H,3,7H2,1-2H3. The number of aryl methyl sites for hydroxylation is 1. The fraction of sp³-hybridized carbons (Fsp3) is 0.208. The second-order valence-corrected chi connectivity index (χ2v) is 7.60. The third kappa shape index (κ3) is 2.05. The molecule has 5 rings (SSSR count). The molecule has 0 amide bonds. The number of rotatable bonds is 1. The minimum absolute atomic E-state index is 0.0343. The maximum Gasteiger partial charge on any atom is 0.0777 e. The molecule has 0 aliphatic heterocycles. The van der Waals surface area contributed by atoms with Crippen molar-refractivity contribution in [1.82, 2.24) is 4.98 Å². The Morgan fingerprint density at radius 3 is 2.68 bits per heavy atom. The zero-order valence-electron chi connectivity index (χ0n) is 14.7. The van der Waals surface area contributed by atoms with E-state index in [2.05, 4.69) is 74.5 Å². The SMILES string of the molecule is CC1(C)c2ccccc2-c2ccc(-c3nccc4c3C=CCC4)cc21. The predicted octanol–water partition coefficient (Wildman–Crippen LogP) is 6.01. The summed E-state index contributed by atoms with van der Waals surface area (Å²) in [7, 11) is 0. The number of hydrogen-bond acceptors (Lipinski definition) is 1. The van der Waals surface area contributed by atoms with Crippen LogP contribution in [0.5, 0.6) is 0 Å². The minimum Gasteiger partial charge on any atom is -0.256 e. The zero-order valence-corrected chi connectivity index (χ0v) is 14.7. The number of aromatic nitrogens is 1. The van der Waals surface area contributed by atoms with Crippen molar-refractivity contribution in [3.63, 3.8) is 0 Å². The first-order chi connectivity index (χ1) is 12.2. The normalized spacial score (nSPS) is 16.2. The third-order valence-corrected chi connectivity index (χ3v) is 5.80. The number of fused-ring (bicyclic) bond motifs is 4. The maximum atomic E-state index is 4.73. The molecule has 0 bridgehead atoms. The molecule has 1 aromatic heterocycles. The summed E-state index contributed by atoms with van der Waals surface area (Å²) in [5.74, 6) is 0. The van der Waals surface area contributed by atoms with E-state index < -0.39 is 0 Å². The Bertz CT molecular complexity index is 1020. The van der Waals surface area contributed by atoms with Crippen LogP contribution in [0.15, 0.2) is 60.8 Å². The van der Waals surface area contributed by atoms with Crippen LogP contribution in [-0.4, -0.2) is 4.98 Å². The Labute approximate surface area is 149 Å². The number of benzene rings is 2. The third-order valence-electron chi connectivity index (χ3n) is 5.80. The van der Waals surface area contributed by atoms with Gasteiger partial charge in [-0.05, 0) is 52.8 Å². The molecule has 0 fully saturated rings. The molecule has 0 unspecified atom stereocenters. The summed E-state index contributed by atoms with van der Waals surface area (Å²) in [5.41, 5.74) is 10.6. The Balaban J connectivity index is 1.72. The molecule has 0 radical (unpaired) electrons. The monoisotopic (exact) mass is 323 g/mol.